The third-order valence-corrected chi connectivity index (χ3v) is 7.43. The summed E-state index contributed by atoms with van der Waals surface area (Å²) in [6, 6.07) is 12.5. The Morgan fingerprint density at radius 3 is 2.41 bits per heavy atom. The largest absolute Gasteiger partial charge is 0.496 e. The van der Waals surface area contributed by atoms with Crippen LogP contribution in [0.5, 0.6) is 11.5 Å². The molecule has 0 radical (unpaired) electrons. The molecule has 0 spiro atoms. The minimum Gasteiger partial charge on any atom is -0.496 e. The van der Waals surface area contributed by atoms with Crippen LogP contribution in [0, 0.1) is 0 Å². The molecule has 0 unspecified atom stereocenters. The topological polar surface area (TPSA) is 76.1 Å². The lowest BCUT2D eigenvalue weighted by molar-refractivity contribution is -0.125. The van der Waals surface area contributed by atoms with E-state index in [2.05, 4.69) is 0 Å². The van der Waals surface area contributed by atoms with Gasteiger partial charge in [-0.05, 0) is 42.7 Å². The number of rotatable bonds is 8. The van der Waals surface area contributed by atoms with Crippen molar-refractivity contribution in [2.75, 3.05) is 34.4 Å². The van der Waals surface area contributed by atoms with Gasteiger partial charge in [-0.25, -0.2) is 8.42 Å². The van der Waals surface area contributed by atoms with E-state index in [0.29, 0.717) is 30.9 Å². The number of piperidine rings is 1. The molecule has 32 heavy (non-hydrogen) atoms. The molecule has 2 aromatic rings. The van der Waals surface area contributed by atoms with E-state index < -0.39 is 10.0 Å². The molecule has 1 aliphatic rings. The highest BCUT2D eigenvalue weighted by Gasteiger charge is 2.29. The fraction of sp³-hybridized carbons (Fsp3) is 0.375. The van der Waals surface area contributed by atoms with Gasteiger partial charge in [0.05, 0.1) is 14.2 Å². The third-order valence-electron chi connectivity index (χ3n) is 5.52. The Bertz CT molecular complexity index is 1080. The smallest absolute Gasteiger partial charge is 0.246 e. The molecule has 0 N–H and O–H groups in total. The normalized spacial score (nSPS) is 15.0. The van der Waals surface area contributed by atoms with Crippen molar-refractivity contribution in [2.24, 2.45) is 0 Å². The molecule has 1 saturated heterocycles. The van der Waals surface area contributed by atoms with E-state index >= 15 is 0 Å². The van der Waals surface area contributed by atoms with Crippen LogP contribution in [0.15, 0.2) is 53.4 Å². The van der Waals surface area contributed by atoms with Crippen molar-refractivity contribution in [1.82, 2.24) is 9.21 Å². The second kappa shape index (κ2) is 10.7. The zero-order chi connectivity index (χ0) is 23.1. The first-order chi connectivity index (χ1) is 15.4. The molecule has 1 fully saturated rings. The second-order valence-corrected chi connectivity index (χ2v) is 9.62. The maximum absolute atomic E-state index is 13.2. The molecule has 8 heteroatoms. The number of para-hydroxylation sites is 1. The summed E-state index contributed by atoms with van der Waals surface area (Å²) >= 11 is 0. The Morgan fingerprint density at radius 2 is 1.72 bits per heavy atom. The van der Waals surface area contributed by atoms with Crippen molar-refractivity contribution in [2.45, 2.75) is 30.7 Å². The summed E-state index contributed by atoms with van der Waals surface area (Å²) in [6.07, 6.45) is 5.81. The zero-order valence-corrected chi connectivity index (χ0v) is 19.6. The number of hydrogen-bond donors (Lipinski definition) is 0. The lowest BCUT2D eigenvalue weighted by Gasteiger charge is -2.26. The van der Waals surface area contributed by atoms with Crippen LogP contribution < -0.4 is 9.47 Å². The quantitative estimate of drug-likeness (QED) is 0.566. The number of hydrogen-bond acceptors (Lipinski definition) is 5. The zero-order valence-electron chi connectivity index (χ0n) is 18.8. The van der Waals surface area contributed by atoms with E-state index in [1.54, 1.807) is 43.3 Å². The van der Waals surface area contributed by atoms with Crippen LogP contribution in [-0.4, -0.2) is 57.9 Å². The Balaban J connectivity index is 1.78. The lowest BCUT2D eigenvalue weighted by Crippen LogP contribution is -2.35. The molecular formula is C24H30N2O5S. The summed E-state index contributed by atoms with van der Waals surface area (Å²) in [5, 5.41) is 0. The van der Waals surface area contributed by atoms with Gasteiger partial charge in [0.15, 0.2) is 0 Å². The molecule has 0 saturated carbocycles. The van der Waals surface area contributed by atoms with Crippen LogP contribution in [0.1, 0.15) is 30.4 Å². The number of likely N-dealkylation sites (N-methyl/N-ethyl adjacent to an activating group) is 1. The predicted molar refractivity (Wildman–Crippen MR) is 124 cm³/mol. The van der Waals surface area contributed by atoms with Crippen LogP contribution in [0.3, 0.4) is 0 Å². The molecule has 7 nitrogen and oxygen atoms in total. The van der Waals surface area contributed by atoms with E-state index in [4.69, 9.17) is 9.47 Å². The van der Waals surface area contributed by atoms with Crippen molar-refractivity contribution < 1.29 is 22.7 Å². The highest BCUT2D eigenvalue weighted by molar-refractivity contribution is 7.89. The van der Waals surface area contributed by atoms with Gasteiger partial charge in [-0.1, -0.05) is 30.7 Å². The molecule has 0 atom stereocenters. The van der Waals surface area contributed by atoms with Gasteiger partial charge in [0, 0.05) is 38.3 Å². The number of benzene rings is 2. The summed E-state index contributed by atoms with van der Waals surface area (Å²) < 4.78 is 38.5. The van der Waals surface area contributed by atoms with Crippen molar-refractivity contribution in [3.05, 3.63) is 59.7 Å². The first-order valence-electron chi connectivity index (χ1n) is 10.6. The molecule has 0 aromatic heterocycles. The van der Waals surface area contributed by atoms with Gasteiger partial charge >= 0.3 is 0 Å². The number of carbonyl (C=O) groups excluding carboxylic acids is 1. The third kappa shape index (κ3) is 5.49. The summed E-state index contributed by atoms with van der Waals surface area (Å²) in [4.78, 5) is 14.3. The number of carbonyl (C=O) groups is 1. The molecule has 0 bridgehead atoms. The number of methoxy groups -OCH3 is 2. The Morgan fingerprint density at radius 1 is 1.03 bits per heavy atom. The molecule has 1 amide bonds. The second-order valence-electron chi connectivity index (χ2n) is 7.71. The predicted octanol–water partition coefficient (Wildman–Crippen LogP) is 3.55. The van der Waals surface area contributed by atoms with E-state index in [1.165, 1.54) is 17.5 Å². The standard InChI is InChI=1S/C24H30N2O5S/c1-25(18-20-9-5-6-10-21(20)30-2)24(27)14-12-19-11-13-22(31-3)23(17-19)32(28,29)26-15-7-4-8-16-26/h5-6,9-14,17H,4,7-8,15-16,18H2,1-3H3/b14-12+. The number of amides is 1. The average Bonchev–Trinajstić information content (AvgIpc) is 2.83. The molecule has 3 rings (SSSR count). The lowest BCUT2D eigenvalue weighted by atomic mass is 10.1. The number of nitrogens with zero attached hydrogens (tertiary/aromatic N) is 2. The van der Waals surface area contributed by atoms with Crippen LogP contribution in [0.25, 0.3) is 6.08 Å². The van der Waals surface area contributed by atoms with Crippen LogP contribution >= 0.6 is 0 Å². The minimum absolute atomic E-state index is 0.124. The van der Waals surface area contributed by atoms with Crippen LogP contribution in [0.4, 0.5) is 0 Å². The molecule has 1 heterocycles. The first kappa shape index (κ1) is 23.8. The molecular weight excluding hydrogens is 428 g/mol. The van der Waals surface area contributed by atoms with Gasteiger partial charge < -0.3 is 14.4 Å². The van der Waals surface area contributed by atoms with Crippen molar-refractivity contribution in [3.63, 3.8) is 0 Å². The minimum atomic E-state index is -3.67. The van der Waals surface area contributed by atoms with Crippen molar-refractivity contribution >= 4 is 22.0 Å². The van der Waals surface area contributed by atoms with Crippen LogP contribution in [-0.2, 0) is 21.4 Å². The molecule has 2 aromatic carbocycles. The van der Waals surface area contributed by atoms with Crippen molar-refractivity contribution in [3.8, 4) is 11.5 Å². The molecule has 172 valence electrons. The van der Waals surface area contributed by atoms with E-state index in [9.17, 15) is 13.2 Å². The fourth-order valence-corrected chi connectivity index (χ4v) is 5.41. The van der Waals surface area contributed by atoms with Gasteiger partial charge in [0.1, 0.15) is 16.4 Å². The molecule has 0 aliphatic carbocycles. The first-order valence-corrected chi connectivity index (χ1v) is 12.0. The maximum atomic E-state index is 13.2. The van der Waals surface area contributed by atoms with Gasteiger partial charge in [0.2, 0.25) is 15.9 Å². The van der Waals surface area contributed by atoms with Gasteiger partial charge in [-0.15, -0.1) is 0 Å². The highest BCUT2D eigenvalue weighted by atomic mass is 32.2. The Labute approximate surface area is 190 Å². The van der Waals surface area contributed by atoms with E-state index in [-0.39, 0.29) is 10.8 Å². The van der Waals surface area contributed by atoms with Gasteiger partial charge in [0.25, 0.3) is 0 Å². The van der Waals surface area contributed by atoms with Gasteiger partial charge in [-0.3, -0.25) is 4.79 Å². The van der Waals surface area contributed by atoms with Crippen LogP contribution in [0.2, 0.25) is 0 Å². The summed E-state index contributed by atoms with van der Waals surface area (Å²) in [5.41, 5.74) is 1.51. The number of ether oxygens (including phenoxy) is 2. The highest BCUT2D eigenvalue weighted by Crippen LogP contribution is 2.30. The summed E-state index contributed by atoms with van der Waals surface area (Å²) in [6.45, 7) is 1.42. The molecule has 1 aliphatic heterocycles. The summed E-state index contributed by atoms with van der Waals surface area (Å²) in [5.74, 6) is 0.818. The fourth-order valence-electron chi connectivity index (χ4n) is 3.70. The number of sulfonamides is 1. The maximum Gasteiger partial charge on any atom is 0.246 e. The van der Waals surface area contributed by atoms with E-state index in [1.807, 2.05) is 24.3 Å². The SMILES string of the molecule is COc1ccccc1CN(C)C(=O)/C=C/c1ccc(OC)c(S(=O)(=O)N2CCCCC2)c1. The Hall–Kier alpha value is -2.84. The average molecular weight is 459 g/mol. The van der Waals surface area contributed by atoms with Gasteiger partial charge in [-0.2, -0.15) is 4.31 Å². The monoisotopic (exact) mass is 458 g/mol. The Kier molecular flexibility index (Phi) is 7.93. The van der Waals surface area contributed by atoms with Crippen molar-refractivity contribution in [1.29, 1.82) is 0 Å². The summed E-state index contributed by atoms with van der Waals surface area (Å²) in [7, 11) is 1.09. The van der Waals surface area contributed by atoms with E-state index in [0.717, 1.165) is 30.6 Å².